The molecular weight excluding hydrogens is 206 g/mol. The van der Waals surface area contributed by atoms with Crippen LogP contribution in [0.4, 0.5) is 11.4 Å². The Hall–Kier alpha value is -1.74. The van der Waals surface area contributed by atoms with E-state index < -0.39 is 0 Å². The number of para-hydroxylation sites is 2. The predicted octanol–water partition coefficient (Wildman–Crippen LogP) is 3.17. The van der Waals surface area contributed by atoms with Gasteiger partial charge >= 0.3 is 11.9 Å². The molecule has 3 heteroatoms. The summed E-state index contributed by atoms with van der Waals surface area (Å²) in [6.45, 7) is 0. The van der Waals surface area contributed by atoms with Gasteiger partial charge in [0, 0.05) is 0 Å². The second-order valence-electron chi connectivity index (χ2n) is 3.04. The van der Waals surface area contributed by atoms with Crippen LogP contribution in [-0.4, -0.2) is 0 Å². The molecule has 0 radical (unpaired) electrons. The summed E-state index contributed by atoms with van der Waals surface area (Å²) in [5, 5.41) is 0. The van der Waals surface area contributed by atoms with Gasteiger partial charge < -0.3 is 0 Å². The average molecular weight is 216 g/mol. The van der Waals surface area contributed by atoms with Crippen molar-refractivity contribution >= 4 is 23.2 Å². The lowest BCUT2D eigenvalue weighted by Gasteiger charge is -2.04. The Morgan fingerprint density at radius 2 is 1.13 bits per heavy atom. The zero-order chi connectivity index (χ0) is 10.5. The van der Waals surface area contributed by atoms with Gasteiger partial charge in [-0.25, -0.2) is 0 Å². The Morgan fingerprint density at radius 3 is 1.47 bits per heavy atom. The normalized spacial score (nSPS) is 9.60. The monoisotopic (exact) mass is 216 g/mol. The van der Waals surface area contributed by atoms with Gasteiger partial charge in [-0.15, -0.1) is 0 Å². The third kappa shape index (κ3) is 2.19. The van der Waals surface area contributed by atoms with E-state index in [1.54, 1.807) is 4.31 Å². The fourth-order valence-electron chi connectivity index (χ4n) is 1.36. The molecule has 74 valence electrons. The van der Waals surface area contributed by atoms with E-state index in [0.717, 1.165) is 11.4 Å². The molecule has 0 aromatic heterocycles. The highest BCUT2D eigenvalue weighted by Crippen LogP contribution is 2.23. The predicted molar refractivity (Wildman–Crippen MR) is 63.1 cm³/mol. The van der Waals surface area contributed by atoms with Crippen LogP contribution in [0.1, 0.15) is 0 Å². The Bertz CT molecular complexity index is 390. The van der Waals surface area contributed by atoms with Crippen molar-refractivity contribution in [3.8, 4) is 0 Å². The summed E-state index contributed by atoms with van der Waals surface area (Å²) in [5.41, 5.74) is 1.78. The average Bonchev–Trinajstić information content (AvgIpc) is 2.33. The van der Waals surface area contributed by atoms with Crippen molar-refractivity contribution in [2.75, 3.05) is 4.31 Å². The number of benzene rings is 2. The highest BCUT2D eigenvalue weighted by molar-refractivity contribution is 7.67. The maximum atomic E-state index is 11.1. The Balaban J connectivity index is 2.38. The molecule has 0 aliphatic rings. The maximum Gasteiger partial charge on any atom is 0.632 e. The van der Waals surface area contributed by atoms with E-state index in [9.17, 15) is 4.21 Å². The first-order chi connectivity index (χ1) is 7.42. The molecule has 0 aliphatic heterocycles. The van der Waals surface area contributed by atoms with Crippen molar-refractivity contribution in [1.29, 1.82) is 0 Å². The van der Waals surface area contributed by atoms with Crippen LogP contribution in [0.25, 0.3) is 0 Å². The summed E-state index contributed by atoms with van der Waals surface area (Å²) >= 11 is 0.459. The molecule has 2 aromatic rings. The molecule has 0 saturated carbocycles. The molecule has 2 nitrogen and oxygen atoms in total. The lowest BCUT2D eigenvalue weighted by molar-refractivity contribution is 0.605. The molecule has 0 N–H and O–H groups in total. The molecule has 0 atom stereocenters. The smallest absolute Gasteiger partial charge is 0.0621 e. The molecule has 0 saturated heterocycles. The van der Waals surface area contributed by atoms with Crippen LogP contribution >= 0.6 is 0 Å². The Kier molecular flexibility index (Phi) is 3.05. The second kappa shape index (κ2) is 4.66. The zero-order valence-corrected chi connectivity index (χ0v) is 8.85. The van der Waals surface area contributed by atoms with Crippen molar-refractivity contribution in [1.82, 2.24) is 0 Å². The number of hydrogen-bond donors (Lipinski definition) is 0. The molecule has 0 bridgehead atoms. The van der Waals surface area contributed by atoms with Gasteiger partial charge in [-0.3, -0.25) is 0 Å². The molecule has 0 unspecified atom stereocenters. The van der Waals surface area contributed by atoms with E-state index in [0.29, 0.717) is 11.9 Å². The Labute approximate surface area is 92.8 Å². The zero-order valence-electron chi connectivity index (χ0n) is 8.04. The summed E-state index contributed by atoms with van der Waals surface area (Å²) in [6, 6.07) is 19.2. The molecule has 2 rings (SSSR count). The van der Waals surface area contributed by atoms with Crippen LogP contribution in [0.2, 0.25) is 0 Å². The summed E-state index contributed by atoms with van der Waals surface area (Å²) < 4.78 is 12.7. The molecule has 0 amide bonds. The summed E-state index contributed by atoms with van der Waals surface area (Å²) in [4.78, 5) is 0. The number of anilines is 2. The van der Waals surface area contributed by atoms with Crippen LogP contribution in [0, 0.1) is 0 Å². The summed E-state index contributed by atoms with van der Waals surface area (Å²) in [6.07, 6.45) is 0. The minimum Gasteiger partial charge on any atom is -0.0621 e. The molecule has 0 heterocycles. The summed E-state index contributed by atoms with van der Waals surface area (Å²) in [7, 11) is 0. The van der Waals surface area contributed by atoms with E-state index in [1.165, 1.54) is 0 Å². The third-order valence-electron chi connectivity index (χ3n) is 2.06. The lowest BCUT2D eigenvalue weighted by atomic mass is 10.3. The molecule has 0 spiro atoms. The Morgan fingerprint density at radius 1 is 0.733 bits per heavy atom. The second-order valence-corrected chi connectivity index (χ2v) is 3.55. The number of nitrogens with zero attached hydrogens (tertiary/aromatic N) is 1. The number of rotatable bonds is 3. The van der Waals surface area contributed by atoms with Gasteiger partial charge in [0.15, 0.2) is 0 Å². The first-order valence-electron chi connectivity index (χ1n) is 4.62. The van der Waals surface area contributed by atoms with Gasteiger partial charge in [0.25, 0.3) is 0 Å². The van der Waals surface area contributed by atoms with Crippen LogP contribution in [0.15, 0.2) is 60.7 Å². The standard InChI is InChI=1S/C12H10NOS/c14-15-13(11-7-3-1-4-8-11)12-9-5-2-6-10-12/h1-10H/q+1. The van der Waals surface area contributed by atoms with Gasteiger partial charge in [0.1, 0.15) is 11.4 Å². The molecule has 2 aromatic carbocycles. The lowest BCUT2D eigenvalue weighted by Crippen LogP contribution is -2.09. The largest absolute Gasteiger partial charge is 0.632 e. The third-order valence-corrected chi connectivity index (χ3v) is 2.63. The van der Waals surface area contributed by atoms with Gasteiger partial charge in [0.05, 0.1) is 4.21 Å². The van der Waals surface area contributed by atoms with Gasteiger partial charge in [-0.05, 0) is 24.3 Å². The minimum atomic E-state index is 0.459. The SMILES string of the molecule is O=[S+]N(c1ccccc1)c1ccccc1. The van der Waals surface area contributed by atoms with Gasteiger partial charge in [0.2, 0.25) is 0 Å². The van der Waals surface area contributed by atoms with Crippen molar-refractivity contribution in [3.63, 3.8) is 0 Å². The van der Waals surface area contributed by atoms with Crippen molar-refractivity contribution < 1.29 is 4.21 Å². The molecule has 0 aliphatic carbocycles. The van der Waals surface area contributed by atoms with Gasteiger partial charge in [-0.1, -0.05) is 40.7 Å². The van der Waals surface area contributed by atoms with Crippen molar-refractivity contribution in [2.45, 2.75) is 0 Å². The fraction of sp³-hybridized carbons (Fsp3) is 0. The van der Waals surface area contributed by atoms with Crippen molar-refractivity contribution in [2.24, 2.45) is 0 Å². The fourth-order valence-corrected chi connectivity index (χ4v) is 1.78. The quantitative estimate of drug-likeness (QED) is 0.570. The molecule has 15 heavy (non-hydrogen) atoms. The van der Waals surface area contributed by atoms with Crippen LogP contribution in [0.3, 0.4) is 0 Å². The van der Waals surface area contributed by atoms with E-state index in [-0.39, 0.29) is 0 Å². The van der Waals surface area contributed by atoms with E-state index >= 15 is 0 Å². The topological polar surface area (TPSA) is 20.3 Å². The minimum absolute atomic E-state index is 0.459. The van der Waals surface area contributed by atoms with Crippen LogP contribution < -0.4 is 4.31 Å². The number of hydrogen-bond acceptors (Lipinski definition) is 1. The van der Waals surface area contributed by atoms with Crippen LogP contribution in [-0.2, 0) is 16.1 Å². The summed E-state index contributed by atoms with van der Waals surface area (Å²) in [5.74, 6) is 0. The molecule has 0 fully saturated rings. The van der Waals surface area contributed by atoms with E-state index in [4.69, 9.17) is 0 Å². The highest BCUT2D eigenvalue weighted by Gasteiger charge is 2.19. The molecular formula is C12H10NOS+. The first kappa shape index (κ1) is 9.80. The van der Waals surface area contributed by atoms with Gasteiger partial charge in [-0.2, -0.15) is 0 Å². The first-order valence-corrected chi connectivity index (χ1v) is 5.32. The van der Waals surface area contributed by atoms with E-state index in [1.807, 2.05) is 60.7 Å². The van der Waals surface area contributed by atoms with Crippen molar-refractivity contribution in [3.05, 3.63) is 60.7 Å². The maximum absolute atomic E-state index is 11.1. The highest BCUT2D eigenvalue weighted by atomic mass is 32.2. The van der Waals surface area contributed by atoms with Crippen LogP contribution in [0.5, 0.6) is 0 Å². The van der Waals surface area contributed by atoms with E-state index in [2.05, 4.69) is 0 Å².